The number of methoxy groups -OCH3 is 1. The maximum absolute atomic E-state index is 12.7. The minimum Gasteiger partial charge on any atom is -0.493 e. The van der Waals surface area contributed by atoms with Crippen molar-refractivity contribution < 1.29 is 19.0 Å². The molecule has 0 atom stereocenters. The van der Waals surface area contributed by atoms with E-state index in [-0.39, 0.29) is 12.4 Å². The fourth-order valence-corrected chi connectivity index (χ4v) is 3.11. The lowest BCUT2D eigenvalue weighted by atomic mass is 9.98. The van der Waals surface area contributed by atoms with Gasteiger partial charge in [-0.1, -0.05) is 48.5 Å². The first-order valence-corrected chi connectivity index (χ1v) is 9.06. The summed E-state index contributed by atoms with van der Waals surface area (Å²) < 4.78 is 17.1. The standard InChI is InChI=1S/C24H20O4/c1-26-22-12-11-18(14-23(22)27-15-17-7-3-2-4-8-17)13-19-16-28-21-10-6-5-9-20(21)24(19)25/h2-14H,15-16H2,1H3/b19-13-. The lowest BCUT2D eigenvalue weighted by molar-refractivity contribution is 0.100. The third-order valence-corrected chi connectivity index (χ3v) is 4.57. The lowest BCUT2D eigenvalue weighted by Gasteiger charge is -2.18. The zero-order chi connectivity index (χ0) is 19.3. The van der Waals surface area contributed by atoms with Crippen LogP contribution in [0.3, 0.4) is 0 Å². The highest BCUT2D eigenvalue weighted by atomic mass is 16.5. The number of hydrogen-bond donors (Lipinski definition) is 0. The van der Waals surface area contributed by atoms with E-state index in [1.165, 1.54) is 0 Å². The van der Waals surface area contributed by atoms with Crippen LogP contribution in [0.1, 0.15) is 21.5 Å². The quantitative estimate of drug-likeness (QED) is 0.596. The van der Waals surface area contributed by atoms with Gasteiger partial charge in [-0.05, 0) is 41.5 Å². The van der Waals surface area contributed by atoms with Gasteiger partial charge in [0.2, 0.25) is 0 Å². The Kier molecular flexibility index (Phi) is 5.11. The second-order valence-electron chi connectivity index (χ2n) is 6.47. The van der Waals surface area contributed by atoms with Gasteiger partial charge in [0.05, 0.1) is 12.7 Å². The number of carbonyl (C=O) groups is 1. The van der Waals surface area contributed by atoms with E-state index < -0.39 is 0 Å². The van der Waals surface area contributed by atoms with Crippen LogP contribution in [-0.4, -0.2) is 19.5 Å². The van der Waals surface area contributed by atoms with Crippen LogP contribution in [0.5, 0.6) is 17.2 Å². The van der Waals surface area contributed by atoms with Crippen LogP contribution in [0.15, 0.2) is 78.4 Å². The maximum Gasteiger partial charge on any atom is 0.196 e. The van der Waals surface area contributed by atoms with Crippen molar-refractivity contribution in [3.8, 4) is 17.2 Å². The van der Waals surface area contributed by atoms with E-state index in [1.807, 2.05) is 72.8 Å². The summed E-state index contributed by atoms with van der Waals surface area (Å²) in [7, 11) is 1.61. The molecule has 1 heterocycles. The molecule has 3 aromatic rings. The fourth-order valence-electron chi connectivity index (χ4n) is 3.11. The number of hydrogen-bond acceptors (Lipinski definition) is 4. The molecule has 0 aromatic heterocycles. The minimum absolute atomic E-state index is 0.00979. The van der Waals surface area contributed by atoms with Crippen LogP contribution < -0.4 is 14.2 Å². The van der Waals surface area contributed by atoms with E-state index in [1.54, 1.807) is 13.2 Å². The Bertz CT molecular complexity index is 1020. The summed E-state index contributed by atoms with van der Waals surface area (Å²) >= 11 is 0. The van der Waals surface area contributed by atoms with Gasteiger partial charge in [-0.3, -0.25) is 4.79 Å². The van der Waals surface area contributed by atoms with E-state index in [0.717, 1.165) is 11.1 Å². The largest absolute Gasteiger partial charge is 0.493 e. The number of benzene rings is 3. The van der Waals surface area contributed by atoms with Crippen molar-refractivity contribution in [2.75, 3.05) is 13.7 Å². The van der Waals surface area contributed by atoms with Crippen LogP contribution in [0, 0.1) is 0 Å². The monoisotopic (exact) mass is 372 g/mol. The van der Waals surface area contributed by atoms with Crippen molar-refractivity contribution in [2.24, 2.45) is 0 Å². The molecular weight excluding hydrogens is 352 g/mol. The van der Waals surface area contributed by atoms with Gasteiger partial charge in [-0.15, -0.1) is 0 Å². The summed E-state index contributed by atoms with van der Waals surface area (Å²) in [5, 5.41) is 0. The van der Waals surface area contributed by atoms with Crippen LogP contribution in [0.2, 0.25) is 0 Å². The molecule has 0 amide bonds. The molecule has 0 saturated carbocycles. The predicted molar refractivity (Wildman–Crippen MR) is 108 cm³/mol. The van der Waals surface area contributed by atoms with Crippen molar-refractivity contribution in [2.45, 2.75) is 6.61 Å². The van der Waals surface area contributed by atoms with Crippen LogP contribution in [-0.2, 0) is 6.61 Å². The summed E-state index contributed by atoms with van der Waals surface area (Å²) in [6.07, 6.45) is 1.84. The molecule has 0 saturated heterocycles. The molecular formula is C24H20O4. The van der Waals surface area contributed by atoms with Crippen LogP contribution in [0.4, 0.5) is 0 Å². The highest BCUT2D eigenvalue weighted by Crippen LogP contribution is 2.31. The number of fused-ring (bicyclic) bond motifs is 1. The van der Waals surface area contributed by atoms with E-state index in [0.29, 0.717) is 35.0 Å². The van der Waals surface area contributed by atoms with Gasteiger partial charge in [0.1, 0.15) is 19.0 Å². The first-order valence-electron chi connectivity index (χ1n) is 9.06. The Labute approximate surface area is 164 Å². The van der Waals surface area contributed by atoms with Crippen molar-refractivity contribution in [1.29, 1.82) is 0 Å². The number of para-hydroxylation sites is 1. The van der Waals surface area contributed by atoms with E-state index in [4.69, 9.17) is 14.2 Å². The molecule has 0 fully saturated rings. The molecule has 0 radical (unpaired) electrons. The maximum atomic E-state index is 12.7. The summed E-state index contributed by atoms with van der Waals surface area (Å²) in [6, 6.07) is 22.9. The van der Waals surface area contributed by atoms with E-state index in [2.05, 4.69) is 0 Å². The third-order valence-electron chi connectivity index (χ3n) is 4.57. The van der Waals surface area contributed by atoms with Gasteiger partial charge in [-0.2, -0.15) is 0 Å². The molecule has 1 aliphatic rings. The highest BCUT2D eigenvalue weighted by molar-refractivity contribution is 6.14. The average molecular weight is 372 g/mol. The van der Waals surface area contributed by atoms with Crippen LogP contribution in [0.25, 0.3) is 6.08 Å². The molecule has 0 unspecified atom stereocenters. The summed E-state index contributed by atoms with van der Waals surface area (Å²) in [6.45, 7) is 0.689. The number of ketones is 1. The van der Waals surface area contributed by atoms with Crippen molar-refractivity contribution in [3.05, 3.63) is 95.1 Å². The molecule has 3 aromatic carbocycles. The van der Waals surface area contributed by atoms with Gasteiger partial charge >= 0.3 is 0 Å². The highest BCUT2D eigenvalue weighted by Gasteiger charge is 2.22. The number of Topliss-reactive ketones (excluding diaryl/α,β-unsaturated/α-hetero) is 1. The summed E-state index contributed by atoms with van der Waals surface area (Å²) in [5.74, 6) is 1.90. The number of rotatable bonds is 5. The van der Waals surface area contributed by atoms with Gasteiger partial charge in [0, 0.05) is 5.57 Å². The molecule has 0 aliphatic carbocycles. The van der Waals surface area contributed by atoms with Gasteiger partial charge in [-0.25, -0.2) is 0 Å². The SMILES string of the molecule is COc1ccc(/C=C2/COc3ccccc3C2=O)cc1OCc1ccccc1. The molecule has 4 rings (SSSR count). The van der Waals surface area contributed by atoms with Crippen LogP contribution >= 0.6 is 0 Å². The second-order valence-corrected chi connectivity index (χ2v) is 6.47. The van der Waals surface area contributed by atoms with Crippen molar-refractivity contribution in [1.82, 2.24) is 0 Å². The fraction of sp³-hybridized carbons (Fsp3) is 0.125. The first kappa shape index (κ1) is 17.9. The lowest BCUT2D eigenvalue weighted by Crippen LogP contribution is -2.18. The Balaban J connectivity index is 1.58. The summed E-state index contributed by atoms with van der Waals surface area (Å²) in [4.78, 5) is 12.7. The van der Waals surface area contributed by atoms with Crippen molar-refractivity contribution >= 4 is 11.9 Å². The third kappa shape index (κ3) is 3.76. The number of ether oxygens (including phenoxy) is 3. The normalized spacial score (nSPS) is 14.3. The van der Waals surface area contributed by atoms with E-state index in [9.17, 15) is 4.79 Å². The minimum atomic E-state index is -0.00979. The average Bonchev–Trinajstić information content (AvgIpc) is 2.75. The van der Waals surface area contributed by atoms with Gasteiger partial charge < -0.3 is 14.2 Å². The Morgan fingerprint density at radius 2 is 1.75 bits per heavy atom. The smallest absolute Gasteiger partial charge is 0.196 e. The topological polar surface area (TPSA) is 44.8 Å². The van der Waals surface area contributed by atoms with Gasteiger partial charge in [0.25, 0.3) is 0 Å². The molecule has 140 valence electrons. The Morgan fingerprint density at radius 1 is 0.964 bits per heavy atom. The Morgan fingerprint density at radius 3 is 2.57 bits per heavy atom. The Hall–Kier alpha value is -3.53. The molecule has 4 heteroatoms. The molecule has 1 aliphatic heterocycles. The predicted octanol–water partition coefficient (Wildman–Crippen LogP) is 4.93. The summed E-state index contributed by atoms with van der Waals surface area (Å²) in [5.41, 5.74) is 3.13. The zero-order valence-electron chi connectivity index (χ0n) is 15.6. The molecule has 0 N–H and O–H groups in total. The second kappa shape index (κ2) is 8.01. The van der Waals surface area contributed by atoms with Crippen molar-refractivity contribution in [3.63, 3.8) is 0 Å². The molecule has 0 bridgehead atoms. The first-order chi connectivity index (χ1) is 13.7. The van der Waals surface area contributed by atoms with E-state index >= 15 is 0 Å². The number of carbonyl (C=O) groups excluding carboxylic acids is 1. The molecule has 28 heavy (non-hydrogen) atoms. The zero-order valence-corrected chi connectivity index (χ0v) is 15.6. The molecule has 0 spiro atoms. The van der Waals surface area contributed by atoms with Gasteiger partial charge in [0.15, 0.2) is 17.3 Å². The molecule has 4 nitrogen and oxygen atoms in total.